The first kappa shape index (κ1) is 32.1. The first-order valence-corrected chi connectivity index (χ1v) is 16.6. The number of halogens is 3. The van der Waals surface area contributed by atoms with Crippen LogP contribution in [0.1, 0.15) is 68.9 Å². The van der Waals surface area contributed by atoms with Gasteiger partial charge in [-0.2, -0.15) is 0 Å². The van der Waals surface area contributed by atoms with Gasteiger partial charge in [-0.25, -0.2) is 0 Å². The molecule has 2 aromatic heterocycles. The Kier molecular flexibility index (Phi) is 9.16. The summed E-state index contributed by atoms with van der Waals surface area (Å²) in [7, 11) is 0. The zero-order valence-electron chi connectivity index (χ0n) is 25.1. The van der Waals surface area contributed by atoms with E-state index in [1.54, 1.807) is 17.4 Å². The molecule has 1 fully saturated rings. The molecule has 1 atom stereocenters. The lowest BCUT2D eigenvalue weighted by Gasteiger charge is -2.36. The van der Waals surface area contributed by atoms with E-state index in [2.05, 4.69) is 34.7 Å². The molecule has 46 heavy (non-hydrogen) atoms. The summed E-state index contributed by atoms with van der Waals surface area (Å²) in [4.78, 5) is 44.5. The maximum Gasteiger partial charge on any atom is 0.244 e. The molecule has 1 aliphatic carbocycles. The number of aliphatic imine (C=N–C) groups is 1. The SMILES string of the molecule is Cc1sc2c(c1C)C(c1ccc(Cl)cc1)=N[C@@H](CC(=O)NC1CC(NC(=O)/C=C/C(=O)c3cc(Cl)ccc3Cl)C1)c1nnc(C)n1-2. The Morgan fingerprint density at radius 3 is 2.37 bits per heavy atom. The van der Waals surface area contributed by atoms with Crippen molar-refractivity contribution in [2.24, 2.45) is 4.99 Å². The van der Waals surface area contributed by atoms with Gasteiger partial charge in [0.2, 0.25) is 11.8 Å². The highest BCUT2D eigenvalue weighted by molar-refractivity contribution is 7.15. The third-order valence-corrected chi connectivity index (χ3v) is 10.2. The minimum Gasteiger partial charge on any atom is -0.353 e. The summed E-state index contributed by atoms with van der Waals surface area (Å²) in [6.07, 6.45) is 3.54. The standard InChI is InChI=1S/C33H29Cl3N6O3S/c1-16-17(2)46-33-30(16)31(19-4-6-20(34)7-5-19)39-26(32-41-40-18(3)42(32)33)15-29(45)38-23-13-22(14-23)37-28(44)11-10-27(43)24-12-21(35)8-9-25(24)36/h4-12,22-23,26H,13-15H2,1-3H3,(H,37,44)(H,38,45)/b11-10+/t22?,23?,26-/m0/s1. The number of amides is 2. The van der Waals surface area contributed by atoms with Crippen molar-refractivity contribution >= 4 is 69.4 Å². The lowest BCUT2D eigenvalue weighted by Crippen LogP contribution is -2.53. The first-order chi connectivity index (χ1) is 22.0. The van der Waals surface area contributed by atoms with Crippen molar-refractivity contribution in [3.05, 3.63) is 108 Å². The second kappa shape index (κ2) is 13.1. The van der Waals surface area contributed by atoms with Gasteiger partial charge >= 0.3 is 0 Å². The lowest BCUT2D eigenvalue weighted by atomic mass is 9.86. The average Bonchev–Trinajstić information content (AvgIpc) is 3.48. The topological polar surface area (TPSA) is 118 Å². The number of aromatic nitrogens is 3. The average molecular weight is 696 g/mol. The second-order valence-electron chi connectivity index (χ2n) is 11.4. The third-order valence-electron chi connectivity index (χ3n) is 8.17. The van der Waals surface area contributed by atoms with Crippen molar-refractivity contribution in [1.29, 1.82) is 0 Å². The fourth-order valence-electron chi connectivity index (χ4n) is 5.63. The maximum absolute atomic E-state index is 13.3. The second-order valence-corrected chi connectivity index (χ2v) is 13.9. The molecule has 0 spiro atoms. The quantitative estimate of drug-likeness (QED) is 0.157. The predicted molar refractivity (Wildman–Crippen MR) is 181 cm³/mol. The van der Waals surface area contributed by atoms with Gasteiger partial charge < -0.3 is 10.6 Å². The number of hydrogen-bond acceptors (Lipinski definition) is 7. The van der Waals surface area contributed by atoms with Gasteiger partial charge in [0, 0.05) is 49.8 Å². The van der Waals surface area contributed by atoms with Gasteiger partial charge in [-0.1, -0.05) is 46.9 Å². The van der Waals surface area contributed by atoms with Crippen LogP contribution in [-0.2, 0) is 9.59 Å². The number of ketones is 1. The van der Waals surface area contributed by atoms with Crippen molar-refractivity contribution < 1.29 is 14.4 Å². The summed E-state index contributed by atoms with van der Waals surface area (Å²) >= 11 is 19.9. The molecule has 0 radical (unpaired) electrons. The molecule has 6 rings (SSSR count). The zero-order valence-corrected chi connectivity index (χ0v) is 28.2. The van der Waals surface area contributed by atoms with E-state index in [0.717, 1.165) is 33.2 Å². The number of benzene rings is 2. The summed E-state index contributed by atoms with van der Waals surface area (Å²) in [5.74, 6) is 0.329. The minimum absolute atomic E-state index is 0.0760. The molecule has 3 heterocycles. The molecule has 13 heteroatoms. The number of carbonyl (C=O) groups is 3. The zero-order chi connectivity index (χ0) is 32.7. The fourth-order valence-corrected chi connectivity index (χ4v) is 7.35. The molecule has 2 N–H and O–H groups in total. The van der Waals surface area contributed by atoms with Crippen molar-refractivity contribution in [3.63, 3.8) is 0 Å². The number of carbonyl (C=O) groups excluding carboxylic acids is 3. The van der Waals surface area contributed by atoms with Crippen LogP contribution in [0, 0.1) is 20.8 Å². The van der Waals surface area contributed by atoms with E-state index in [1.165, 1.54) is 29.2 Å². The van der Waals surface area contributed by atoms with E-state index < -0.39 is 17.7 Å². The summed E-state index contributed by atoms with van der Waals surface area (Å²) < 4.78 is 2.01. The largest absolute Gasteiger partial charge is 0.353 e. The molecule has 2 aliphatic rings. The van der Waals surface area contributed by atoms with Crippen LogP contribution in [0.15, 0.2) is 59.6 Å². The summed E-state index contributed by atoms with van der Waals surface area (Å²) in [6.45, 7) is 6.06. The van der Waals surface area contributed by atoms with Crippen LogP contribution in [-0.4, -0.2) is 50.2 Å². The van der Waals surface area contributed by atoms with Gasteiger partial charge in [-0.05, 0) is 75.6 Å². The van der Waals surface area contributed by atoms with Crippen molar-refractivity contribution in [3.8, 4) is 5.00 Å². The van der Waals surface area contributed by atoms with Gasteiger partial charge in [-0.15, -0.1) is 21.5 Å². The van der Waals surface area contributed by atoms with Crippen LogP contribution < -0.4 is 10.6 Å². The van der Waals surface area contributed by atoms with E-state index >= 15 is 0 Å². The number of hydrogen-bond donors (Lipinski definition) is 2. The highest BCUT2D eigenvalue weighted by Gasteiger charge is 2.35. The number of nitrogens with one attached hydrogen (secondary N) is 2. The van der Waals surface area contributed by atoms with Crippen LogP contribution in [0.5, 0.6) is 0 Å². The highest BCUT2D eigenvalue weighted by Crippen LogP contribution is 2.39. The Bertz CT molecular complexity index is 1920. The van der Waals surface area contributed by atoms with Crippen molar-refractivity contribution in [2.45, 2.75) is 58.2 Å². The molecule has 0 saturated heterocycles. The highest BCUT2D eigenvalue weighted by atomic mass is 35.5. The molecule has 2 aromatic carbocycles. The normalized spacial score (nSPS) is 18.7. The Labute approximate surface area is 284 Å². The fraction of sp³-hybridized carbons (Fsp3) is 0.273. The molecule has 1 saturated carbocycles. The van der Waals surface area contributed by atoms with Crippen LogP contribution in [0.25, 0.3) is 5.00 Å². The Morgan fingerprint density at radius 2 is 1.63 bits per heavy atom. The van der Waals surface area contributed by atoms with Gasteiger partial charge in [0.05, 0.1) is 17.2 Å². The predicted octanol–water partition coefficient (Wildman–Crippen LogP) is 6.70. The molecule has 0 bridgehead atoms. The summed E-state index contributed by atoms with van der Waals surface area (Å²) in [5, 5.41) is 17.0. The third kappa shape index (κ3) is 6.53. The number of aryl methyl sites for hydroxylation is 2. The number of thiophene rings is 1. The molecular formula is C33H29Cl3N6O3S. The minimum atomic E-state index is -0.572. The molecule has 9 nitrogen and oxygen atoms in total. The smallest absolute Gasteiger partial charge is 0.244 e. The maximum atomic E-state index is 13.3. The number of nitrogens with zero attached hydrogens (tertiary/aromatic N) is 4. The Hall–Kier alpha value is -3.83. The summed E-state index contributed by atoms with van der Waals surface area (Å²) in [5.41, 5.74) is 4.02. The van der Waals surface area contributed by atoms with Gasteiger partial charge in [0.1, 0.15) is 16.9 Å². The van der Waals surface area contributed by atoms with E-state index in [9.17, 15) is 14.4 Å². The van der Waals surface area contributed by atoms with Gasteiger partial charge in [-0.3, -0.25) is 23.9 Å². The Morgan fingerprint density at radius 1 is 0.935 bits per heavy atom. The van der Waals surface area contributed by atoms with Crippen LogP contribution in [0.2, 0.25) is 15.1 Å². The first-order valence-electron chi connectivity index (χ1n) is 14.6. The molecular weight excluding hydrogens is 667 g/mol. The lowest BCUT2D eigenvalue weighted by molar-refractivity contribution is -0.123. The van der Waals surface area contributed by atoms with Crippen molar-refractivity contribution in [2.75, 3.05) is 0 Å². The monoisotopic (exact) mass is 694 g/mol. The molecule has 236 valence electrons. The van der Waals surface area contributed by atoms with Crippen molar-refractivity contribution in [1.82, 2.24) is 25.4 Å². The van der Waals surface area contributed by atoms with Crippen LogP contribution in [0.3, 0.4) is 0 Å². The number of allylic oxidation sites excluding steroid dienone is 1. The molecule has 0 unspecified atom stereocenters. The molecule has 1 aliphatic heterocycles. The van der Waals surface area contributed by atoms with Crippen LogP contribution in [0.4, 0.5) is 0 Å². The Balaban J connectivity index is 1.12. The van der Waals surface area contributed by atoms with Gasteiger partial charge in [0.15, 0.2) is 11.6 Å². The van der Waals surface area contributed by atoms with E-state index in [4.69, 9.17) is 39.8 Å². The van der Waals surface area contributed by atoms with Crippen LogP contribution >= 0.6 is 46.1 Å². The summed E-state index contributed by atoms with van der Waals surface area (Å²) in [6, 6.07) is 11.3. The van der Waals surface area contributed by atoms with E-state index in [1.807, 2.05) is 35.8 Å². The number of fused-ring (bicyclic) bond motifs is 3. The van der Waals surface area contributed by atoms with E-state index in [-0.39, 0.29) is 35.0 Å². The molecule has 2 amide bonds. The molecule has 4 aromatic rings. The number of rotatable bonds is 8. The van der Waals surface area contributed by atoms with E-state index in [0.29, 0.717) is 28.7 Å². The van der Waals surface area contributed by atoms with Gasteiger partial charge in [0.25, 0.3) is 0 Å².